The lowest BCUT2D eigenvalue weighted by molar-refractivity contribution is 0.424. The van der Waals surface area contributed by atoms with E-state index in [4.69, 9.17) is 8.85 Å². The zero-order valence-corrected chi connectivity index (χ0v) is 8.60. The number of fused-ring (bicyclic) bond motifs is 2. The molecular formula is C15H12O. The first-order valence-electron chi connectivity index (χ1n) is 6.64. The molecule has 0 bridgehead atoms. The van der Waals surface area contributed by atoms with Crippen molar-refractivity contribution in [2.45, 2.75) is 0 Å². The lowest BCUT2D eigenvalue weighted by Gasteiger charge is -2.09. The SMILES string of the molecule is [2H]C([2H])([2H])Oc1c2ccccc2cc2ccccc12. The summed E-state index contributed by atoms with van der Waals surface area (Å²) in [6.07, 6.45) is 0. The molecule has 16 heavy (non-hydrogen) atoms. The molecular weight excluding hydrogens is 196 g/mol. The van der Waals surface area contributed by atoms with Gasteiger partial charge in [-0.2, -0.15) is 0 Å². The van der Waals surface area contributed by atoms with Gasteiger partial charge in [0, 0.05) is 10.8 Å². The summed E-state index contributed by atoms with van der Waals surface area (Å²) in [4.78, 5) is 0. The van der Waals surface area contributed by atoms with Crippen LogP contribution in [0.15, 0.2) is 54.6 Å². The van der Waals surface area contributed by atoms with Crippen LogP contribution in [0.25, 0.3) is 21.5 Å². The minimum atomic E-state index is -2.45. The maximum Gasteiger partial charge on any atom is 0.134 e. The molecule has 0 aliphatic heterocycles. The lowest BCUT2D eigenvalue weighted by Crippen LogP contribution is -1.87. The van der Waals surface area contributed by atoms with Crippen molar-refractivity contribution in [1.29, 1.82) is 0 Å². The predicted molar refractivity (Wildman–Crippen MR) is 68.0 cm³/mol. The van der Waals surface area contributed by atoms with Crippen molar-refractivity contribution in [1.82, 2.24) is 0 Å². The van der Waals surface area contributed by atoms with E-state index in [2.05, 4.69) is 0 Å². The Kier molecular flexibility index (Phi) is 1.44. The molecule has 78 valence electrons. The molecule has 0 heterocycles. The summed E-state index contributed by atoms with van der Waals surface area (Å²) in [5, 5.41) is 3.58. The first kappa shape index (κ1) is 6.54. The van der Waals surface area contributed by atoms with Crippen molar-refractivity contribution in [3.63, 3.8) is 0 Å². The average Bonchev–Trinajstić information content (AvgIpc) is 2.37. The van der Waals surface area contributed by atoms with Crippen LogP contribution < -0.4 is 4.74 Å². The molecule has 0 unspecified atom stereocenters. The Hall–Kier alpha value is -2.02. The molecule has 0 radical (unpaired) electrons. The molecule has 0 saturated carbocycles. The van der Waals surface area contributed by atoms with Crippen molar-refractivity contribution in [2.24, 2.45) is 0 Å². The number of ether oxygens (including phenoxy) is 1. The molecule has 1 nitrogen and oxygen atoms in total. The minimum absolute atomic E-state index is 0.425. The highest BCUT2D eigenvalue weighted by molar-refractivity contribution is 6.05. The Morgan fingerprint density at radius 2 is 1.44 bits per heavy atom. The number of rotatable bonds is 1. The average molecular weight is 211 g/mol. The summed E-state index contributed by atoms with van der Waals surface area (Å²) in [6.45, 7) is 0. The van der Waals surface area contributed by atoms with Crippen LogP contribution in [0.5, 0.6) is 5.75 Å². The third-order valence-electron chi connectivity index (χ3n) is 2.82. The largest absolute Gasteiger partial charge is 0.495 e. The molecule has 0 aliphatic rings. The van der Waals surface area contributed by atoms with Crippen molar-refractivity contribution in [3.8, 4) is 5.75 Å². The van der Waals surface area contributed by atoms with Crippen molar-refractivity contribution in [2.75, 3.05) is 7.04 Å². The van der Waals surface area contributed by atoms with Gasteiger partial charge in [-0.3, -0.25) is 0 Å². The highest BCUT2D eigenvalue weighted by Crippen LogP contribution is 2.34. The van der Waals surface area contributed by atoms with Crippen LogP contribution in [-0.4, -0.2) is 7.04 Å². The summed E-state index contributed by atoms with van der Waals surface area (Å²) >= 11 is 0. The maximum atomic E-state index is 7.33. The number of benzene rings is 3. The zero-order valence-electron chi connectivity index (χ0n) is 11.6. The van der Waals surface area contributed by atoms with Crippen molar-refractivity contribution >= 4 is 21.5 Å². The van der Waals surface area contributed by atoms with Crippen LogP contribution >= 0.6 is 0 Å². The summed E-state index contributed by atoms with van der Waals surface area (Å²) in [6, 6.07) is 17.3. The van der Waals surface area contributed by atoms with Crippen LogP contribution in [-0.2, 0) is 0 Å². The van der Waals surface area contributed by atoms with E-state index in [0.29, 0.717) is 5.75 Å². The molecule has 0 aromatic heterocycles. The zero-order chi connectivity index (χ0) is 13.5. The van der Waals surface area contributed by atoms with E-state index in [1.807, 2.05) is 54.6 Å². The van der Waals surface area contributed by atoms with E-state index in [1.54, 1.807) is 0 Å². The predicted octanol–water partition coefficient (Wildman–Crippen LogP) is 4.00. The van der Waals surface area contributed by atoms with Gasteiger partial charge >= 0.3 is 0 Å². The highest BCUT2D eigenvalue weighted by atomic mass is 16.5. The van der Waals surface area contributed by atoms with E-state index in [1.165, 1.54) is 0 Å². The Balaban J connectivity index is 2.39. The fraction of sp³-hybridized carbons (Fsp3) is 0.0667. The van der Waals surface area contributed by atoms with Crippen molar-refractivity contribution < 1.29 is 8.85 Å². The molecule has 3 aromatic rings. The topological polar surface area (TPSA) is 9.23 Å². The first-order valence-corrected chi connectivity index (χ1v) is 5.14. The van der Waals surface area contributed by atoms with Crippen LogP contribution in [0.1, 0.15) is 4.11 Å². The van der Waals surface area contributed by atoms with Crippen LogP contribution in [0.4, 0.5) is 0 Å². The van der Waals surface area contributed by atoms with Crippen molar-refractivity contribution in [3.05, 3.63) is 54.6 Å². The number of hydrogen-bond donors (Lipinski definition) is 0. The van der Waals surface area contributed by atoms with Gasteiger partial charge in [-0.1, -0.05) is 48.5 Å². The van der Waals surface area contributed by atoms with Gasteiger partial charge in [0.15, 0.2) is 0 Å². The molecule has 0 amide bonds. The van der Waals surface area contributed by atoms with Gasteiger partial charge in [0.25, 0.3) is 0 Å². The Bertz CT molecular complexity index is 693. The third-order valence-corrected chi connectivity index (χ3v) is 2.82. The van der Waals surface area contributed by atoms with Crippen LogP contribution in [0.3, 0.4) is 0 Å². The summed E-state index contributed by atoms with van der Waals surface area (Å²) in [5.41, 5.74) is 0. The highest BCUT2D eigenvalue weighted by Gasteiger charge is 2.06. The summed E-state index contributed by atoms with van der Waals surface area (Å²) < 4.78 is 27.2. The smallest absolute Gasteiger partial charge is 0.134 e. The van der Waals surface area contributed by atoms with Gasteiger partial charge < -0.3 is 4.74 Å². The molecule has 0 fully saturated rings. The van der Waals surface area contributed by atoms with Gasteiger partial charge in [-0.15, -0.1) is 0 Å². The second-order valence-corrected chi connectivity index (χ2v) is 3.75. The third kappa shape index (κ3) is 1.25. The van der Waals surface area contributed by atoms with E-state index < -0.39 is 7.04 Å². The molecule has 0 aliphatic carbocycles. The fourth-order valence-electron chi connectivity index (χ4n) is 2.08. The van der Waals surface area contributed by atoms with E-state index in [-0.39, 0.29) is 0 Å². The van der Waals surface area contributed by atoms with Gasteiger partial charge in [0.2, 0.25) is 0 Å². The van der Waals surface area contributed by atoms with Crippen LogP contribution in [0, 0.1) is 0 Å². The van der Waals surface area contributed by atoms with E-state index >= 15 is 0 Å². The summed E-state index contributed by atoms with van der Waals surface area (Å²) in [7, 11) is -2.45. The summed E-state index contributed by atoms with van der Waals surface area (Å²) in [5.74, 6) is 0.425. The van der Waals surface area contributed by atoms with Crippen LogP contribution in [0.2, 0.25) is 0 Å². The number of hydrogen-bond acceptors (Lipinski definition) is 1. The monoisotopic (exact) mass is 211 g/mol. The lowest BCUT2D eigenvalue weighted by atomic mass is 10.0. The van der Waals surface area contributed by atoms with Gasteiger partial charge in [0.05, 0.1) is 11.2 Å². The van der Waals surface area contributed by atoms with E-state index in [0.717, 1.165) is 21.5 Å². The Morgan fingerprint density at radius 3 is 2.00 bits per heavy atom. The number of methoxy groups -OCH3 is 1. The molecule has 0 saturated heterocycles. The standard InChI is InChI=1S/C15H12O/c1-16-15-13-8-4-2-6-11(13)10-12-7-3-5-9-14(12)15/h2-10H,1H3/i1D3. The van der Waals surface area contributed by atoms with Gasteiger partial charge in [-0.25, -0.2) is 0 Å². The fourth-order valence-corrected chi connectivity index (χ4v) is 2.08. The van der Waals surface area contributed by atoms with E-state index in [9.17, 15) is 0 Å². The molecule has 3 rings (SSSR count). The molecule has 0 N–H and O–H groups in total. The maximum absolute atomic E-state index is 7.33. The van der Waals surface area contributed by atoms with Gasteiger partial charge in [0.1, 0.15) is 5.75 Å². The molecule has 0 spiro atoms. The molecule has 0 atom stereocenters. The molecule has 3 aromatic carbocycles. The second-order valence-electron chi connectivity index (χ2n) is 3.75. The second kappa shape index (κ2) is 3.53. The molecule has 1 heteroatoms. The normalized spacial score (nSPS) is 14.4. The Labute approximate surface area is 98.5 Å². The van der Waals surface area contributed by atoms with Gasteiger partial charge in [-0.05, 0) is 16.8 Å². The first-order chi connectivity index (χ1) is 9.04. The quantitative estimate of drug-likeness (QED) is 0.553. The Morgan fingerprint density at radius 1 is 0.875 bits per heavy atom. The minimum Gasteiger partial charge on any atom is -0.495 e.